The fourth-order valence-electron chi connectivity index (χ4n) is 2.22. The average molecular weight is 368 g/mol. The van der Waals surface area contributed by atoms with Crippen molar-refractivity contribution in [3.63, 3.8) is 0 Å². The zero-order valence-electron chi connectivity index (χ0n) is 16.7. The molecule has 1 aromatic heterocycles. The summed E-state index contributed by atoms with van der Waals surface area (Å²) in [5.74, 6) is 0.334. The molecule has 9 heteroatoms. The minimum absolute atomic E-state index is 0.334. The number of alkyl carbamates (subject to hydrolysis) is 1. The van der Waals surface area contributed by atoms with E-state index in [2.05, 4.69) is 10.5 Å². The Balaban J connectivity index is 1.79. The van der Waals surface area contributed by atoms with E-state index in [1.807, 2.05) is 48.5 Å². The number of carbonyl (C=O) groups excluding carboxylic acids is 1. The maximum absolute atomic E-state index is 11.6. The third-order valence-electron chi connectivity index (χ3n) is 4.30. The minimum atomic E-state index is -0.596. The molecule has 8 nitrogen and oxygen atoms in total. The molecule has 0 bridgehead atoms. The van der Waals surface area contributed by atoms with Crippen LogP contribution in [0.15, 0.2) is 10.8 Å². The van der Waals surface area contributed by atoms with E-state index in [0.29, 0.717) is 30.9 Å². The highest BCUT2D eigenvalue weighted by atomic mass is 16.7. The van der Waals surface area contributed by atoms with Gasteiger partial charge in [-0.2, -0.15) is 0 Å². The van der Waals surface area contributed by atoms with Crippen LogP contribution in [0.1, 0.15) is 54.9 Å². The first-order valence-corrected chi connectivity index (χ1v) is 8.81. The lowest BCUT2D eigenvalue weighted by Gasteiger charge is -2.32. The Labute approximate surface area is 155 Å². The van der Waals surface area contributed by atoms with Crippen LogP contribution in [0.5, 0.6) is 5.88 Å². The van der Waals surface area contributed by atoms with E-state index < -0.39 is 30.0 Å². The van der Waals surface area contributed by atoms with Crippen molar-refractivity contribution in [2.45, 2.75) is 71.7 Å². The average Bonchev–Trinajstić information content (AvgIpc) is 2.99. The number of nitrogens with one attached hydrogen (secondary N) is 1. The second-order valence-electron chi connectivity index (χ2n) is 8.29. The molecule has 146 valence electrons. The summed E-state index contributed by atoms with van der Waals surface area (Å²) in [4.78, 5) is 11.6. The SMILES string of the molecule is CC(C)(C)OC(=O)NCCCOc1nocc1B1OC(C)(C)C(C)(C)O1. The molecule has 1 aliphatic heterocycles. The lowest BCUT2D eigenvalue weighted by Crippen LogP contribution is -2.41. The molecule has 26 heavy (non-hydrogen) atoms. The number of ether oxygens (including phenoxy) is 2. The van der Waals surface area contributed by atoms with Crippen molar-refractivity contribution in [1.29, 1.82) is 0 Å². The van der Waals surface area contributed by atoms with Crippen LogP contribution in [0.25, 0.3) is 0 Å². The molecule has 2 heterocycles. The maximum atomic E-state index is 11.6. The van der Waals surface area contributed by atoms with Crippen molar-refractivity contribution >= 4 is 18.7 Å². The molecule has 0 saturated carbocycles. The van der Waals surface area contributed by atoms with E-state index in [0.717, 1.165) is 0 Å². The van der Waals surface area contributed by atoms with Crippen molar-refractivity contribution in [2.24, 2.45) is 0 Å². The lowest BCUT2D eigenvalue weighted by atomic mass is 9.81. The van der Waals surface area contributed by atoms with E-state index in [-0.39, 0.29) is 0 Å². The molecule has 0 atom stereocenters. The summed E-state index contributed by atoms with van der Waals surface area (Å²) in [7, 11) is -0.596. The molecular formula is C17H29BN2O6. The summed E-state index contributed by atoms with van der Waals surface area (Å²) in [5.41, 5.74) is -0.810. The molecular weight excluding hydrogens is 339 g/mol. The Bertz CT molecular complexity index is 607. The number of aromatic nitrogens is 1. The molecule has 0 unspecified atom stereocenters. The first-order chi connectivity index (χ1) is 11.9. The van der Waals surface area contributed by atoms with E-state index in [1.54, 1.807) is 0 Å². The molecule has 1 saturated heterocycles. The zero-order chi connectivity index (χ0) is 19.6. The molecule has 1 amide bonds. The second kappa shape index (κ2) is 7.48. The second-order valence-corrected chi connectivity index (χ2v) is 8.29. The van der Waals surface area contributed by atoms with E-state index >= 15 is 0 Å². The molecule has 0 radical (unpaired) electrons. The van der Waals surface area contributed by atoms with Gasteiger partial charge >= 0.3 is 13.2 Å². The number of hydrogen-bond acceptors (Lipinski definition) is 7. The predicted molar refractivity (Wildman–Crippen MR) is 96.6 cm³/mol. The van der Waals surface area contributed by atoms with Gasteiger partial charge in [0.15, 0.2) is 0 Å². The number of rotatable bonds is 6. The number of amides is 1. The summed E-state index contributed by atoms with van der Waals surface area (Å²) >= 11 is 0. The molecule has 0 aromatic carbocycles. The van der Waals surface area contributed by atoms with Gasteiger partial charge in [0.1, 0.15) is 11.9 Å². The lowest BCUT2D eigenvalue weighted by molar-refractivity contribution is 0.00578. The maximum Gasteiger partial charge on any atom is 0.503 e. The van der Waals surface area contributed by atoms with Crippen molar-refractivity contribution in [3.8, 4) is 5.88 Å². The number of carbonyl (C=O) groups is 1. The molecule has 1 aromatic rings. The van der Waals surface area contributed by atoms with E-state index in [1.165, 1.54) is 6.26 Å². The fourth-order valence-corrected chi connectivity index (χ4v) is 2.22. The van der Waals surface area contributed by atoms with Gasteiger partial charge in [-0.15, -0.1) is 0 Å². The molecule has 1 fully saturated rings. The minimum Gasteiger partial charge on any atom is -0.476 e. The third-order valence-corrected chi connectivity index (χ3v) is 4.30. The summed E-state index contributed by atoms with van der Waals surface area (Å²) in [6.45, 7) is 14.1. The van der Waals surface area contributed by atoms with Crippen LogP contribution in [-0.2, 0) is 14.0 Å². The predicted octanol–water partition coefficient (Wildman–Crippen LogP) is 2.27. The topological polar surface area (TPSA) is 92.1 Å². The van der Waals surface area contributed by atoms with Crippen LogP contribution in [0, 0.1) is 0 Å². The van der Waals surface area contributed by atoms with Crippen molar-refractivity contribution < 1.29 is 28.1 Å². The van der Waals surface area contributed by atoms with Crippen molar-refractivity contribution in [3.05, 3.63) is 6.26 Å². The van der Waals surface area contributed by atoms with Crippen LogP contribution in [-0.4, -0.2) is 48.3 Å². The third kappa shape index (κ3) is 5.14. The molecule has 0 spiro atoms. The van der Waals surface area contributed by atoms with Gasteiger partial charge in [0.25, 0.3) is 5.88 Å². The standard InChI is InChI=1S/C17H29BN2O6/c1-15(2,3)24-14(21)19-9-8-10-22-13-12(11-23-20-13)18-25-16(4,5)17(6,7)26-18/h11H,8-10H2,1-7H3,(H,19,21). The van der Waals surface area contributed by atoms with Gasteiger partial charge in [0.05, 0.1) is 23.3 Å². The Morgan fingerprint density at radius 3 is 2.42 bits per heavy atom. The summed E-state index contributed by atoms with van der Waals surface area (Å²) in [6, 6.07) is 0. The van der Waals surface area contributed by atoms with Crippen LogP contribution >= 0.6 is 0 Å². The zero-order valence-corrected chi connectivity index (χ0v) is 16.7. The Morgan fingerprint density at radius 2 is 1.85 bits per heavy atom. The Hall–Kier alpha value is -1.74. The molecule has 1 aliphatic rings. The summed E-state index contributed by atoms with van der Waals surface area (Å²) < 4.78 is 27.8. The molecule has 1 N–H and O–H groups in total. The Kier molecular flexibility index (Phi) is 5.92. The van der Waals surface area contributed by atoms with E-state index in [9.17, 15) is 4.79 Å². The summed E-state index contributed by atoms with van der Waals surface area (Å²) in [5, 5.41) is 6.54. The highest BCUT2D eigenvalue weighted by molar-refractivity contribution is 6.62. The van der Waals surface area contributed by atoms with Crippen LogP contribution in [0.2, 0.25) is 0 Å². The molecule has 2 rings (SSSR count). The molecule has 0 aliphatic carbocycles. The fraction of sp³-hybridized carbons (Fsp3) is 0.765. The summed E-state index contributed by atoms with van der Waals surface area (Å²) in [6.07, 6.45) is 1.61. The first kappa shape index (κ1) is 20.6. The van der Waals surface area contributed by atoms with Gasteiger partial charge in [-0.05, 0) is 60.0 Å². The Morgan fingerprint density at radius 1 is 1.23 bits per heavy atom. The number of hydrogen-bond donors (Lipinski definition) is 1. The van der Waals surface area contributed by atoms with Crippen LogP contribution < -0.4 is 15.5 Å². The monoisotopic (exact) mass is 368 g/mol. The van der Waals surface area contributed by atoms with Gasteiger partial charge in [0, 0.05) is 6.54 Å². The van der Waals surface area contributed by atoms with Gasteiger partial charge in [-0.1, -0.05) is 0 Å². The van der Waals surface area contributed by atoms with Crippen LogP contribution in [0.3, 0.4) is 0 Å². The van der Waals surface area contributed by atoms with Crippen molar-refractivity contribution in [1.82, 2.24) is 10.5 Å². The van der Waals surface area contributed by atoms with Gasteiger partial charge in [-0.25, -0.2) is 4.79 Å². The number of nitrogens with zero attached hydrogens (tertiary/aromatic N) is 1. The highest BCUT2D eigenvalue weighted by Crippen LogP contribution is 2.37. The normalized spacial score (nSPS) is 18.7. The smallest absolute Gasteiger partial charge is 0.476 e. The van der Waals surface area contributed by atoms with Gasteiger partial charge in [0.2, 0.25) is 0 Å². The van der Waals surface area contributed by atoms with Crippen molar-refractivity contribution in [2.75, 3.05) is 13.2 Å². The van der Waals surface area contributed by atoms with Gasteiger partial charge in [-0.3, -0.25) is 0 Å². The quantitative estimate of drug-likeness (QED) is 0.608. The highest BCUT2D eigenvalue weighted by Gasteiger charge is 2.53. The van der Waals surface area contributed by atoms with Crippen LogP contribution in [0.4, 0.5) is 4.79 Å². The van der Waals surface area contributed by atoms with E-state index in [4.69, 9.17) is 23.3 Å². The van der Waals surface area contributed by atoms with Gasteiger partial charge < -0.3 is 28.6 Å². The first-order valence-electron chi connectivity index (χ1n) is 8.81. The largest absolute Gasteiger partial charge is 0.503 e.